The highest BCUT2D eigenvalue weighted by molar-refractivity contribution is 5.98. The molecule has 0 bridgehead atoms. The second kappa shape index (κ2) is 10.2. The number of para-hydroxylation sites is 1. The Morgan fingerprint density at radius 1 is 1.00 bits per heavy atom. The lowest BCUT2D eigenvalue weighted by atomic mass is 10.0. The molecule has 0 aliphatic carbocycles. The van der Waals surface area contributed by atoms with E-state index in [0.29, 0.717) is 16.6 Å². The molecule has 1 aliphatic rings. The molecule has 2 aromatic carbocycles. The second-order valence-corrected chi connectivity index (χ2v) is 9.54. The summed E-state index contributed by atoms with van der Waals surface area (Å²) in [7, 11) is 0. The summed E-state index contributed by atoms with van der Waals surface area (Å²) in [5, 5.41) is 3.81. The number of likely N-dealkylation sites (tertiary alicyclic amines) is 1. The summed E-state index contributed by atoms with van der Waals surface area (Å²) in [5.41, 5.74) is 5.24. The number of quaternary nitrogens is 1. The van der Waals surface area contributed by atoms with E-state index >= 15 is 0 Å². The topological polar surface area (TPSA) is 71.3 Å². The molecule has 2 N–H and O–H groups in total. The van der Waals surface area contributed by atoms with Gasteiger partial charge in [0, 0.05) is 24.6 Å². The van der Waals surface area contributed by atoms with E-state index in [2.05, 4.69) is 48.9 Å². The first-order chi connectivity index (χ1) is 15.9. The SMILES string of the molecule is CC(C)C[C@H](NC(=O)c1cc2ccccc2o1)C(=O)N[N+]1(CCc2ccccc2)CCCC1. The van der Waals surface area contributed by atoms with Gasteiger partial charge in [-0.3, -0.25) is 9.59 Å². The minimum absolute atomic E-state index is 0.122. The van der Waals surface area contributed by atoms with Crippen LogP contribution in [-0.2, 0) is 11.2 Å². The van der Waals surface area contributed by atoms with E-state index in [-0.39, 0.29) is 23.5 Å². The largest absolute Gasteiger partial charge is 0.451 e. The van der Waals surface area contributed by atoms with Gasteiger partial charge in [0.15, 0.2) is 5.76 Å². The standard InChI is InChI=1S/C27H33N3O3/c1-20(2)18-23(28-27(32)25-19-22-12-6-7-13-24(22)33-25)26(31)29-30(15-8-9-16-30)17-14-21-10-4-3-5-11-21/h3-7,10-13,19-20,23H,8-9,14-18H2,1-2H3,(H-,28,29,31,32)/p+1/t23-/m0/s1. The number of carbonyl (C=O) groups is 2. The Hall–Kier alpha value is -3.12. The molecule has 0 radical (unpaired) electrons. The molecule has 2 amide bonds. The number of fused-ring (bicyclic) bond motifs is 1. The first kappa shape index (κ1) is 23.1. The second-order valence-electron chi connectivity index (χ2n) is 9.54. The molecule has 1 aromatic heterocycles. The lowest BCUT2D eigenvalue weighted by molar-refractivity contribution is -0.950. The van der Waals surface area contributed by atoms with Crippen LogP contribution in [0.3, 0.4) is 0 Å². The Labute approximate surface area is 195 Å². The van der Waals surface area contributed by atoms with Crippen LogP contribution in [0.2, 0.25) is 0 Å². The fourth-order valence-corrected chi connectivity index (χ4v) is 4.66. The van der Waals surface area contributed by atoms with Crippen LogP contribution < -0.4 is 10.7 Å². The van der Waals surface area contributed by atoms with Crippen LogP contribution >= 0.6 is 0 Å². The molecule has 0 saturated carbocycles. The van der Waals surface area contributed by atoms with E-state index in [1.54, 1.807) is 6.07 Å². The maximum absolute atomic E-state index is 13.4. The van der Waals surface area contributed by atoms with Gasteiger partial charge in [-0.2, -0.15) is 0 Å². The molecule has 0 spiro atoms. The van der Waals surface area contributed by atoms with Crippen molar-refractivity contribution < 1.29 is 18.6 Å². The Morgan fingerprint density at radius 3 is 2.39 bits per heavy atom. The zero-order valence-corrected chi connectivity index (χ0v) is 19.5. The number of nitrogens with one attached hydrogen (secondary N) is 2. The Balaban J connectivity index is 1.46. The summed E-state index contributed by atoms with van der Waals surface area (Å²) in [5.74, 6) is 0.00681. The molecule has 1 saturated heterocycles. The Kier molecular flexibility index (Phi) is 7.14. The number of carbonyl (C=O) groups excluding carboxylic acids is 2. The van der Waals surface area contributed by atoms with E-state index in [4.69, 9.17) is 4.42 Å². The van der Waals surface area contributed by atoms with Crippen molar-refractivity contribution >= 4 is 22.8 Å². The summed E-state index contributed by atoms with van der Waals surface area (Å²) >= 11 is 0. The monoisotopic (exact) mass is 448 g/mol. The Bertz CT molecular complexity index is 1050. The molecule has 4 rings (SSSR count). The van der Waals surface area contributed by atoms with Crippen molar-refractivity contribution in [1.82, 2.24) is 10.7 Å². The maximum Gasteiger partial charge on any atom is 0.287 e. The number of nitrogens with zero attached hydrogens (tertiary/aromatic N) is 1. The fraction of sp³-hybridized carbons (Fsp3) is 0.407. The number of rotatable bonds is 9. The van der Waals surface area contributed by atoms with Crippen LogP contribution in [0, 0.1) is 5.92 Å². The van der Waals surface area contributed by atoms with E-state index < -0.39 is 6.04 Å². The van der Waals surface area contributed by atoms with Gasteiger partial charge >= 0.3 is 0 Å². The number of benzene rings is 2. The molecule has 33 heavy (non-hydrogen) atoms. The fourth-order valence-electron chi connectivity index (χ4n) is 4.66. The number of hydrogen-bond donors (Lipinski definition) is 2. The van der Waals surface area contributed by atoms with Crippen LogP contribution in [0.4, 0.5) is 0 Å². The number of amides is 2. The van der Waals surface area contributed by atoms with Crippen LogP contribution in [0.1, 0.15) is 49.2 Å². The average molecular weight is 449 g/mol. The quantitative estimate of drug-likeness (QED) is 0.475. The van der Waals surface area contributed by atoms with Crippen molar-refractivity contribution in [2.45, 2.75) is 45.6 Å². The molecule has 3 aromatic rings. The summed E-state index contributed by atoms with van der Waals surface area (Å²) in [6.45, 7) is 6.81. The third-order valence-electron chi connectivity index (χ3n) is 6.42. The van der Waals surface area contributed by atoms with Gasteiger partial charge in [0.2, 0.25) is 0 Å². The first-order valence-electron chi connectivity index (χ1n) is 12.0. The van der Waals surface area contributed by atoms with E-state index in [1.165, 1.54) is 5.56 Å². The third-order valence-corrected chi connectivity index (χ3v) is 6.42. The molecular weight excluding hydrogens is 414 g/mol. The normalized spacial score (nSPS) is 16.1. The maximum atomic E-state index is 13.4. The minimum atomic E-state index is -0.613. The average Bonchev–Trinajstić information content (AvgIpc) is 3.45. The zero-order valence-electron chi connectivity index (χ0n) is 19.5. The van der Waals surface area contributed by atoms with Gasteiger partial charge in [0.05, 0.1) is 0 Å². The molecule has 2 heterocycles. The molecular formula is C27H34N3O3+. The molecule has 6 nitrogen and oxygen atoms in total. The number of hydrogen-bond acceptors (Lipinski definition) is 3. The Morgan fingerprint density at radius 2 is 1.70 bits per heavy atom. The van der Waals surface area contributed by atoms with Crippen molar-refractivity contribution in [3.8, 4) is 0 Å². The van der Waals surface area contributed by atoms with Crippen molar-refractivity contribution in [3.63, 3.8) is 0 Å². The van der Waals surface area contributed by atoms with Gasteiger partial charge in [-0.05, 0) is 30.0 Å². The van der Waals surface area contributed by atoms with Gasteiger partial charge in [-0.15, -0.1) is 0 Å². The van der Waals surface area contributed by atoms with Crippen LogP contribution in [-0.4, -0.2) is 42.1 Å². The van der Waals surface area contributed by atoms with Gasteiger partial charge in [-0.1, -0.05) is 62.4 Å². The lowest BCUT2D eigenvalue weighted by Gasteiger charge is -2.35. The van der Waals surface area contributed by atoms with Crippen molar-refractivity contribution in [1.29, 1.82) is 0 Å². The van der Waals surface area contributed by atoms with E-state index in [9.17, 15) is 9.59 Å². The highest BCUT2D eigenvalue weighted by Gasteiger charge is 2.37. The summed E-state index contributed by atoms with van der Waals surface area (Å²) in [6.07, 6.45) is 3.66. The molecule has 1 aliphatic heterocycles. The minimum Gasteiger partial charge on any atom is -0.451 e. The molecule has 174 valence electrons. The highest BCUT2D eigenvalue weighted by atomic mass is 16.3. The lowest BCUT2D eigenvalue weighted by Crippen LogP contribution is -2.63. The van der Waals surface area contributed by atoms with Crippen molar-refractivity contribution in [3.05, 3.63) is 72.0 Å². The summed E-state index contributed by atoms with van der Waals surface area (Å²) < 4.78 is 6.28. The van der Waals surface area contributed by atoms with Crippen molar-refractivity contribution in [2.24, 2.45) is 5.92 Å². The van der Waals surface area contributed by atoms with Gasteiger partial charge < -0.3 is 9.73 Å². The van der Waals surface area contributed by atoms with Crippen LogP contribution in [0.25, 0.3) is 11.0 Å². The zero-order chi connectivity index (χ0) is 23.3. The summed E-state index contributed by atoms with van der Waals surface area (Å²) in [6, 6.07) is 19.0. The predicted molar refractivity (Wildman–Crippen MR) is 129 cm³/mol. The smallest absolute Gasteiger partial charge is 0.287 e. The van der Waals surface area contributed by atoms with Crippen LogP contribution in [0.5, 0.6) is 0 Å². The first-order valence-corrected chi connectivity index (χ1v) is 12.0. The third kappa shape index (κ3) is 5.82. The van der Waals surface area contributed by atoms with Gasteiger partial charge in [0.1, 0.15) is 31.3 Å². The van der Waals surface area contributed by atoms with Crippen LogP contribution in [0.15, 0.2) is 65.1 Å². The molecule has 6 heteroatoms. The predicted octanol–water partition coefficient (Wildman–Crippen LogP) is 4.46. The van der Waals surface area contributed by atoms with E-state index in [1.807, 2.05) is 30.3 Å². The highest BCUT2D eigenvalue weighted by Crippen LogP contribution is 2.21. The summed E-state index contributed by atoms with van der Waals surface area (Å²) in [4.78, 5) is 26.4. The molecule has 1 fully saturated rings. The molecule has 0 unspecified atom stereocenters. The van der Waals surface area contributed by atoms with Gasteiger partial charge in [-0.25, -0.2) is 10.0 Å². The van der Waals surface area contributed by atoms with Crippen molar-refractivity contribution in [2.75, 3.05) is 19.6 Å². The van der Waals surface area contributed by atoms with Gasteiger partial charge in [0.25, 0.3) is 11.8 Å². The number of furan rings is 1. The van der Waals surface area contributed by atoms with E-state index in [0.717, 1.165) is 44.3 Å². The molecule has 1 atom stereocenters.